The summed E-state index contributed by atoms with van der Waals surface area (Å²) >= 11 is 3.26. The molecular weight excluding hydrogens is 248 g/mol. The van der Waals surface area contributed by atoms with E-state index in [9.17, 15) is 4.79 Å². The van der Waals surface area contributed by atoms with Gasteiger partial charge in [0.05, 0.1) is 7.11 Å². The molecule has 1 heterocycles. The number of nitrogens with zero attached hydrogens (tertiary/aromatic N) is 2. The van der Waals surface area contributed by atoms with Crippen molar-refractivity contribution in [2.45, 2.75) is 0 Å². The molecule has 0 radical (unpaired) electrons. The molecule has 0 aromatic carbocycles. The van der Waals surface area contributed by atoms with Gasteiger partial charge in [0.1, 0.15) is 17.0 Å². The zero-order valence-corrected chi connectivity index (χ0v) is 9.61. The van der Waals surface area contributed by atoms with Gasteiger partial charge in [0.25, 0.3) is 0 Å². The number of hydrogen-bond acceptors (Lipinski definition) is 4. The molecule has 76 valence electrons. The van der Waals surface area contributed by atoms with Crippen LogP contribution in [0.2, 0.25) is 0 Å². The zero-order valence-electron chi connectivity index (χ0n) is 8.03. The number of methoxy groups -OCH3 is 1. The van der Waals surface area contributed by atoms with Crippen molar-refractivity contribution in [2.24, 2.45) is 0 Å². The van der Waals surface area contributed by atoms with Crippen molar-refractivity contribution in [3.63, 3.8) is 0 Å². The van der Waals surface area contributed by atoms with Gasteiger partial charge in [-0.1, -0.05) is 6.07 Å². The van der Waals surface area contributed by atoms with Gasteiger partial charge in [-0.2, -0.15) is 0 Å². The van der Waals surface area contributed by atoms with Gasteiger partial charge in [0, 0.05) is 7.05 Å². The molecule has 0 aliphatic heterocycles. The molecule has 0 fully saturated rings. The summed E-state index contributed by atoms with van der Waals surface area (Å²) in [5.74, 6) is 0.444. The number of pyridine rings is 1. The van der Waals surface area contributed by atoms with Crippen LogP contribution in [0.3, 0.4) is 0 Å². The Morgan fingerprint density at radius 1 is 1.64 bits per heavy atom. The van der Waals surface area contributed by atoms with Gasteiger partial charge in [0.2, 0.25) is 0 Å². The molecule has 0 aliphatic carbocycles. The van der Waals surface area contributed by atoms with Crippen LogP contribution in [0.1, 0.15) is 0 Å². The normalized spacial score (nSPS) is 9.64. The minimum atomic E-state index is -0.283. The quantitative estimate of drug-likeness (QED) is 0.608. The standard InChI is InChI=1S/C9H11BrN2O2/c1-12(6-9(13)14-2)8-5-3-4-7(10)11-8/h3-5H,6H2,1-2H3. The fraction of sp³-hybridized carbons (Fsp3) is 0.333. The van der Waals surface area contributed by atoms with E-state index in [-0.39, 0.29) is 12.5 Å². The molecular formula is C9H11BrN2O2. The number of anilines is 1. The van der Waals surface area contributed by atoms with Gasteiger partial charge in [-0.3, -0.25) is 4.79 Å². The van der Waals surface area contributed by atoms with Crippen LogP contribution in [0.15, 0.2) is 22.8 Å². The van der Waals surface area contributed by atoms with Crippen molar-refractivity contribution in [1.82, 2.24) is 4.98 Å². The maximum Gasteiger partial charge on any atom is 0.325 e. The molecule has 0 unspecified atom stereocenters. The lowest BCUT2D eigenvalue weighted by atomic mass is 10.4. The number of hydrogen-bond donors (Lipinski definition) is 0. The lowest BCUT2D eigenvalue weighted by molar-refractivity contribution is -0.138. The Kier molecular flexibility index (Phi) is 3.88. The highest BCUT2D eigenvalue weighted by Crippen LogP contribution is 2.13. The summed E-state index contributed by atoms with van der Waals surface area (Å²) in [6.45, 7) is 0.194. The Morgan fingerprint density at radius 3 is 2.93 bits per heavy atom. The molecule has 1 aromatic heterocycles. The minimum Gasteiger partial charge on any atom is -0.468 e. The summed E-state index contributed by atoms with van der Waals surface area (Å²) in [5, 5.41) is 0. The van der Waals surface area contributed by atoms with Crippen molar-refractivity contribution in [2.75, 3.05) is 25.6 Å². The summed E-state index contributed by atoms with van der Waals surface area (Å²) in [6.07, 6.45) is 0. The summed E-state index contributed by atoms with van der Waals surface area (Å²) in [4.78, 5) is 16.9. The number of aromatic nitrogens is 1. The molecule has 0 N–H and O–H groups in total. The lowest BCUT2D eigenvalue weighted by Gasteiger charge is -2.16. The third-order valence-electron chi connectivity index (χ3n) is 1.69. The first-order chi connectivity index (χ1) is 6.63. The van der Waals surface area contributed by atoms with Gasteiger partial charge in [-0.15, -0.1) is 0 Å². The maximum absolute atomic E-state index is 11.0. The van der Waals surface area contributed by atoms with Gasteiger partial charge in [-0.05, 0) is 28.1 Å². The SMILES string of the molecule is COC(=O)CN(C)c1cccc(Br)n1. The molecule has 14 heavy (non-hydrogen) atoms. The van der Waals surface area contributed by atoms with Crippen molar-refractivity contribution in [1.29, 1.82) is 0 Å². The van der Waals surface area contributed by atoms with Crippen LogP contribution in [0.5, 0.6) is 0 Å². The first kappa shape index (κ1) is 11.0. The Bertz CT molecular complexity index is 330. The first-order valence-electron chi connectivity index (χ1n) is 4.04. The third-order valence-corrected chi connectivity index (χ3v) is 2.13. The number of rotatable bonds is 3. The van der Waals surface area contributed by atoms with E-state index in [2.05, 4.69) is 25.7 Å². The molecule has 0 spiro atoms. The highest BCUT2D eigenvalue weighted by Gasteiger charge is 2.07. The summed E-state index contributed by atoms with van der Waals surface area (Å²) in [6, 6.07) is 5.52. The van der Waals surface area contributed by atoms with Crippen LogP contribution in [0.4, 0.5) is 5.82 Å². The van der Waals surface area contributed by atoms with Crippen molar-refractivity contribution < 1.29 is 9.53 Å². The molecule has 0 amide bonds. The minimum absolute atomic E-state index is 0.194. The Morgan fingerprint density at radius 2 is 2.36 bits per heavy atom. The second kappa shape index (κ2) is 4.95. The molecule has 5 heteroatoms. The number of ether oxygens (including phenoxy) is 1. The smallest absolute Gasteiger partial charge is 0.325 e. The first-order valence-corrected chi connectivity index (χ1v) is 4.83. The summed E-state index contributed by atoms with van der Waals surface area (Å²) < 4.78 is 5.29. The van der Waals surface area contributed by atoms with Crippen LogP contribution in [0.25, 0.3) is 0 Å². The van der Waals surface area contributed by atoms with Crippen LogP contribution >= 0.6 is 15.9 Å². The summed E-state index contributed by atoms with van der Waals surface area (Å²) in [7, 11) is 3.15. The predicted octanol–water partition coefficient (Wildman–Crippen LogP) is 1.45. The Hall–Kier alpha value is -1.10. The van der Waals surface area contributed by atoms with Crippen LogP contribution in [-0.2, 0) is 9.53 Å². The number of carbonyl (C=O) groups excluding carboxylic acids is 1. The zero-order chi connectivity index (χ0) is 10.6. The molecule has 1 rings (SSSR count). The molecule has 0 bridgehead atoms. The monoisotopic (exact) mass is 258 g/mol. The predicted molar refractivity (Wildman–Crippen MR) is 57.2 cm³/mol. The highest BCUT2D eigenvalue weighted by atomic mass is 79.9. The van der Waals surface area contributed by atoms with Gasteiger partial charge < -0.3 is 9.64 Å². The largest absolute Gasteiger partial charge is 0.468 e. The highest BCUT2D eigenvalue weighted by molar-refractivity contribution is 9.10. The van der Waals surface area contributed by atoms with E-state index in [0.717, 1.165) is 10.4 Å². The lowest BCUT2D eigenvalue weighted by Crippen LogP contribution is -2.27. The molecule has 0 aliphatic rings. The van der Waals surface area contributed by atoms with E-state index in [4.69, 9.17) is 0 Å². The van der Waals surface area contributed by atoms with E-state index in [1.54, 1.807) is 11.9 Å². The molecule has 4 nitrogen and oxygen atoms in total. The van der Waals surface area contributed by atoms with Gasteiger partial charge in [-0.25, -0.2) is 4.98 Å². The van der Waals surface area contributed by atoms with Crippen molar-refractivity contribution in [3.05, 3.63) is 22.8 Å². The maximum atomic E-state index is 11.0. The van der Waals surface area contributed by atoms with Crippen molar-refractivity contribution >= 4 is 27.7 Å². The van der Waals surface area contributed by atoms with E-state index in [1.807, 2.05) is 18.2 Å². The van der Waals surface area contributed by atoms with E-state index in [0.29, 0.717) is 0 Å². The van der Waals surface area contributed by atoms with Crippen molar-refractivity contribution in [3.8, 4) is 0 Å². The number of esters is 1. The van der Waals surface area contributed by atoms with Gasteiger partial charge >= 0.3 is 5.97 Å². The van der Waals surface area contributed by atoms with Crippen LogP contribution in [-0.4, -0.2) is 31.7 Å². The Balaban J connectivity index is 2.69. The summed E-state index contributed by atoms with van der Waals surface area (Å²) in [5.41, 5.74) is 0. The molecule has 0 saturated heterocycles. The topological polar surface area (TPSA) is 42.4 Å². The molecule has 1 aromatic rings. The number of carbonyl (C=O) groups is 1. The Labute approximate surface area is 91.0 Å². The second-order valence-electron chi connectivity index (χ2n) is 2.75. The molecule has 0 saturated carbocycles. The van der Waals surface area contributed by atoms with E-state index >= 15 is 0 Å². The number of halogens is 1. The van der Waals surface area contributed by atoms with Gasteiger partial charge in [0.15, 0.2) is 0 Å². The average Bonchev–Trinajstić information content (AvgIpc) is 2.17. The molecule has 0 atom stereocenters. The number of likely N-dealkylation sites (N-methyl/N-ethyl adjacent to an activating group) is 1. The van der Waals surface area contributed by atoms with E-state index in [1.165, 1.54) is 7.11 Å². The second-order valence-corrected chi connectivity index (χ2v) is 3.56. The van der Waals surface area contributed by atoms with Crippen LogP contribution in [0, 0.1) is 0 Å². The fourth-order valence-corrected chi connectivity index (χ4v) is 1.28. The fourth-order valence-electron chi connectivity index (χ4n) is 0.949. The van der Waals surface area contributed by atoms with Crippen LogP contribution < -0.4 is 4.90 Å². The van der Waals surface area contributed by atoms with E-state index < -0.39 is 0 Å². The average molecular weight is 259 g/mol. The third kappa shape index (κ3) is 2.99.